The molecular formula is C18H20N2O2. The zero-order chi connectivity index (χ0) is 16.1. The number of aromatic nitrogens is 1. The Balaban J connectivity index is 1.99. The Hall–Kier alpha value is -2.62. The molecule has 0 spiro atoms. The molecule has 0 saturated heterocycles. The molecule has 4 heteroatoms. The molecule has 0 radical (unpaired) electrons. The van der Waals surface area contributed by atoms with E-state index in [1.807, 2.05) is 51.1 Å². The average molecular weight is 296 g/mol. The zero-order valence-electron chi connectivity index (χ0n) is 13.1. The molecule has 1 aromatic heterocycles. The monoisotopic (exact) mass is 296 g/mol. The van der Waals surface area contributed by atoms with E-state index in [1.165, 1.54) is 11.6 Å². The number of aryl methyl sites for hydroxylation is 3. The summed E-state index contributed by atoms with van der Waals surface area (Å²) in [7, 11) is 0. The first kappa shape index (κ1) is 15.8. The third-order valence-electron chi connectivity index (χ3n) is 3.44. The first-order chi connectivity index (χ1) is 10.5. The van der Waals surface area contributed by atoms with Gasteiger partial charge in [0.05, 0.1) is 0 Å². The molecule has 1 aromatic carbocycles. The Morgan fingerprint density at radius 2 is 1.86 bits per heavy atom. The van der Waals surface area contributed by atoms with E-state index in [1.54, 1.807) is 6.08 Å². The lowest BCUT2D eigenvalue weighted by molar-refractivity contribution is -0.116. The van der Waals surface area contributed by atoms with Crippen LogP contribution in [0.1, 0.15) is 27.9 Å². The highest BCUT2D eigenvalue weighted by Gasteiger charge is 2.06. The molecule has 2 aromatic rings. The quantitative estimate of drug-likeness (QED) is 0.852. The number of hydrogen-bond acceptors (Lipinski definition) is 2. The largest absolute Gasteiger partial charge is 0.348 e. The van der Waals surface area contributed by atoms with Crippen molar-refractivity contribution in [3.05, 3.63) is 74.7 Å². The summed E-state index contributed by atoms with van der Waals surface area (Å²) in [5.74, 6) is -0.222. The number of rotatable bonds is 4. The van der Waals surface area contributed by atoms with Gasteiger partial charge < -0.3 is 10.3 Å². The van der Waals surface area contributed by atoms with E-state index in [0.717, 1.165) is 16.8 Å². The molecule has 4 nitrogen and oxygen atoms in total. The van der Waals surface area contributed by atoms with Crippen LogP contribution in [-0.2, 0) is 11.3 Å². The van der Waals surface area contributed by atoms with Crippen LogP contribution < -0.4 is 10.9 Å². The van der Waals surface area contributed by atoms with Crippen molar-refractivity contribution in [3.8, 4) is 0 Å². The molecule has 1 heterocycles. The molecule has 2 N–H and O–H groups in total. The lowest BCUT2D eigenvalue weighted by atomic mass is 10.1. The average Bonchev–Trinajstić information content (AvgIpc) is 2.45. The van der Waals surface area contributed by atoms with Crippen LogP contribution in [0.3, 0.4) is 0 Å². The Kier molecular flexibility index (Phi) is 4.94. The minimum atomic E-state index is -0.222. The predicted molar refractivity (Wildman–Crippen MR) is 88.6 cm³/mol. The van der Waals surface area contributed by atoms with Gasteiger partial charge in [0.2, 0.25) is 5.91 Å². The van der Waals surface area contributed by atoms with Crippen LogP contribution in [-0.4, -0.2) is 10.9 Å². The molecule has 0 unspecified atom stereocenters. The SMILES string of the molecule is Cc1ccc(/C=C/C(=O)NCc2c(C)cc(C)[nH]c2=O)cc1. The van der Waals surface area contributed by atoms with Gasteiger partial charge in [-0.05, 0) is 44.0 Å². The standard InChI is InChI=1S/C18H20N2O2/c1-12-4-6-15(7-5-12)8-9-17(21)19-11-16-13(2)10-14(3)20-18(16)22/h4-10H,11H2,1-3H3,(H,19,21)(H,20,22)/b9-8+. The van der Waals surface area contributed by atoms with Gasteiger partial charge in [-0.25, -0.2) is 0 Å². The first-order valence-corrected chi connectivity index (χ1v) is 7.17. The maximum Gasteiger partial charge on any atom is 0.253 e. The lowest BCUT2D eigenvalue weighted by Crippen LogP contribution is -2.26. The Labute approximate surface area is 129 Å². The minimum absolute atomic E-state index is 0.152. The topological polar surface area (TPSA) is 62.0 Å². The number of H-pyrrole nitrogens is 1. The molecule has 0 saturated carbocycles. The Bertz CT molecular complexity index is 756. The lowest BCUT2D eigenvalue weighted by Gasteiger charge is -2.06. The van der Waals surface area contributed by atoms with Gasteiger partial charge in [-0.3, -0.25) is 9.59 Å². The van der Waals surface area contributed by atoms with Crippen molar-refractivity contribution in [2.75, 3.05) is 0 Å². The third kappa shape index (κ3) is 4.19. The summed E-state index contributed by atoms with van der Waals surface area (Å²) >= 11 is 0. The molecule has 0 aliphatic rings. The van der Waals surface area contributed by atoms with Crippen molar-refractivity contribution in [1.29, 1.82) is 0 Å². The van der Waals surface area contributed by atoms with Gasteiger partial charge in [-0.1, -0.05) is 29.8 Å². The number of benzene rings is 1. The summed E-state index contributed by atoms with van der Waals surface area (Å²) < 4.78 is 0. The molecule has 0 atom stereocenters. The smallest absolute Gasteiger partial charge is 0.253 e. The Morgan fingerprint density at radius 1 is 1.18 bits per heavy atom. The molecule has 0 bridgehead atoms. The second kappa shape index (κ2) is 6.89. The van der Waals surface area contributed by atoms with E-state index in [-0.39, 0.29) is 18.0 Å². The van der Waals surface area contributed by atoms with Crippen molar-refractivity contribution < 1.29 is 4.79 Å². The number of amides is 1. The number of carbonyl (C=O) groups excluding carboxylic acids is 1. The molecule has 0 aliphatic heterocycles. The summed E-state index contributed by atoms with van der Waals surface area (Å²) in [6.45, 7) is 5.94. The summed E-state index contributed by atoms with van der Waals surface area (Å²) in [6.07, 6.45) is 3.23. The fraction of sp³-hybridized carbons (Fsp3) is 0.222. The third-order valence-corrected chi connectivity index (χ3v) is 3.44. The number of aromatic amines is 1. The molecule has 22 heavy (non-hydrogen) atoms. The second-order valence-electron chi connectivity index (χ2n) is 5.40. The Morgan fingerprint density at radius 3 is 2.50 bits per heavy atom. The number of carbonyl (C=O) groups is 1. The summed E-state index contributed by atoms with van der Waals surface area (Å²) in [6, 6.07) is 9.78. The molecule has 2 rings (SSSR count). The molecule has 0 aliphatic carbocycles. The summed E-state index contributed by atoms with van der Waals surface area (Å²) in [5.41, 5.74) is 4.27. The van der Waals surface area contributed by atoms with Gasteiger partial charge in [0, 0.05) is 23.9 Å². The van der Waals surface area contributed by atoms with Gasteiger partial charge in [0.25, 0.3) is 5.56 Å². The van der Waals surface area contributed by atoms with Crippen LogP contribution in [0, 0.1) is 20.8 Å². The zero-order valence-corrected chi connectivity index (χ0v) is 13.1. The van der Waals surface area contributed by atoms with Crippen molar-refractivity contribution in [2.45, 2.75) is 27.3 Å². The highest BCUT2D eigenvalue weighted by Crippen LogP contribution is 2.05. The van der Waals surface area contributed by atoms with Gasteiger partial charge >= 0.3 is 0 Å². The van der Waals surface area contributed by atoms with Crippen LogP contribution in [0.15, 0.2) is 41.2 Å². The van der Waals surface area contributed by atoms with E-state index in [2.05, 4.69) is 10.3 Å². The minimum Gasteiger partial charge on any atom is -0.348 e. The fourth-order valence-corrected chi connectivity index (χ4v) is 2.19. The van der Waals surface area contributed by atoms with E-state index in [0.29, 0.717) is 5.56 Å². The maximum atomic E-state index is 11.9. The molecular weight excluding hydrogens is 276 g/mol. The molecule has 1 amide bonds. The number of hydrogen-bond donors (Lipinski definition) is 2. The van der Waals surface area contributed by atoms with Crippen molar-refractivity contribution in [1.82, 2.24) is 10.3 Å². The fourth-order valence-electron chi connectivity index (χ4n) is 2.19. The second-order valence-corrected chi connectivity index (χ2v) is 5.40. The van der Waals surface area contributed by atoms with Gasteiger partial charge in [0.15, 0.2) is 0 Å². The summed E-state index contributed by atoms with van der Waals surface area (Å²) in [4.78, 5) is 26.4. The number of nitrogens with one attached hydrogen (secondary N) is 2. The van der Waals surface area contributed by atoms with Crippen LogP contribution in [0.25, 0.3) is 6.08 Å². The highest BCUT2D eigenvalue weighted by molar-refractivity contribution is 5.91. The molecule has 0 fully saturated rings. The van der Waals surface area contributed by atoms with Crippen molar-refractivity contribution in [2.24, 2.45) is 0 Å². The van der Waals surface area contributed by atoms with Gasteiger partial charge in [0.1, 0.15) is 0 Å². The first-order valence-electron chi connectivity index (χ1n) is 7.17. The summed E-state index contributed by atoms with van der Waals surface area (Å²) in [5, 5.41) is 2.74. The van der Waals surface area contributed by atoms with Crippen molar-refractivity contribution >= 4 is 12.0 Å². The highest BCUT2D eigenvalue weighted by atomic mass is 16.1. The van der Waals surface area contributed by atoms with Crippen LogP contribution in [0.2, 0.25) is 0 Å². The van der Waals surface area contributed by atoms with Crippen LogP contribution >= 0.6 is 0 Å². The normalized spacial score (nSPS) is 10.9. The van der Waals surface area contributed by atoms with Gasteiger partial charge in [-0.2, -0.15) is 0 Å². The number of pyridine rings is 1. The molecule has 114 valence electrons. The van der Waals surface area contributed by atoms with E-state index < -0.39 is 0 Å². The van der Waals surface area contributed by atoms with Crippen molar-refractivity contribution in [3.63, 3.8) is 0 Å². The van der Waals surface area contributed by atoms with E-state index in [4.69, 9.17) is 0 Å². The van der Waals surface area contributed by atoms with E-state index >= 15 is 0 Å². The van der Waals surface area contributed by atoms with E-state index in [9.17, 15) is 9.59 Å². The van der Waals surface area contributed by atoms with Gasteiger partial charge in [-0.15, -0.1) is 0 Å². The maximum absolute atomic E-state index is 11.9. The van der Waals surface area contributed by atoms with Crippen LogP contribution in [0.4, 0.5) is 0 Å². The predicted octanol–water partition coefficient (Wildman–Crippen LogP) is 2.63. The van der Waals surface area contributed by atoms with Crippen LogP contribution in [0.5, 0.6) is 0 Å².